The molecule has 1 aromatic rings. The summed E-state index contributed by atoms with van der Waals surface area (Å²) in [5, 5.41) is 11.4. The van der Waals surface area contributed by atoms with Gasteiger partial charge >= 0.3 is 5.97 Å². The Kier molecular flexibility index (Phi) is 5.69. The Balaban J connectivity index is 2.77. The van der Waals surface area contributed by atoms with Crippen molar-refractivity contribution in [3.8, 4) is 0 Å². The number of hydrogen-bond acceptors (Lipinski definition) is 3. The lowest BCUT2D eigenvalue weighted by molar-refractivity contribution is -0.139. The van der Waals surface area contributed by atoms with E-state index in [9.17, 15) is 14.4 Å². The predicted octanol–water partition coefficient (Wildman–Crippen LogP) is 1.21. The van der Waals surface area contributed by atoms with Gasteiger partial charge in [0.25, 0.3) is 5.91 Å². The number of benzene rings is 1. The highest BCUT2D eigenvalue weighted by molar-refractivity contribution is 9.10. The van der Waals surface area contributed by atoms with Crippen molar-refractivity contribution in [3.63, 3.8) is 0 Å². The van der Waals surface area contributed by atoms with Crippen LogP contribution >= 0.6 is 15.9 Å². The molecule has 0 bridgehead atoms. The van der Waals surface area contributed by atoms with Gasteiger partial charge in [-0.25, -0.2) is 4.79 Å². The number of carbonyl (C=O) groups excluding carboxylic acids is 2. The highest BCUT2D eigenvalue weighted by Gasteiger charge is 2.21. The Bertz CT molecular complexity index is 545. The van der Waals surface area contributed by atoms with Gasteiger partial charge in [-0.05, 0) is 31.0 Å². The zero-order valence-electron chi connectivity index (χ0n) is 10.9. The molecular weight excluding hydrogens is 328 g/mol. The second-order valence-corrected chi connectivity index (χ2v) is 5.19. The SMILES string of the molecule is Cc1ccc(C(=O)NC(CCC(N)=O)C(=O)O)cc1Br. The molecule has 0 spiro atoms. The minimum absolute atomic E-state index is 0.0383. The molecule has 0 aliphatic carbocycles. The average molecular weight is 343 g/mol. The van der Waals surface area contributed by atoms with E-state index in [0.29, 0.717) is 5.56 Å². The zero-order chi connectivity index (χ0) is 15.3. The Hall–Kier alpha value is -1.89. The van der Waals surface area contributed by atoms with Crippen LogP contribution in [0.15, 0.2) is 22.7 Å². The van der Waals surface area contributed by atoms with Crippen LogP contribution in [0, 0.1) is 6.92 Å². The Labute approximate surface area is 124 Å². The fourth-order valence-corrected chi connectivity index (χ4v) is 1.90. The quantitative estimate of drug-likeness (QED) is 0.721. The molecule has 108 valence electrons. The topological polar surface area (TPSA) is 109 Å². The fraction of sp³-hybridized carbons (Fsp3) is 0.308. The van der Waals surface area contributed by atoms with Gasteiger partial charge in [0.1, 0.15) is 6.04 Å². The molecule has 0 heterocycles. The van der Waals surface area contributed by atoms with Gasteiger partial charge in [0.05, 0.1) is 0 Å². The first kappa shape index (κ1) is 16.2. The maximum Gasteiger partial charge on any atom is 0.326 e. The molecule has 0 saturated carbocycles. The molecular formula is C13H15BrN2O4. The molecule has 1 atom stereocenters. The summed E-state index contributed by atoms with van der Waals surface area (Å²) in [7, 11) is 0. The first-order valence-electron chi connectivity index (χ1n) is 5.89. The number of hydrogen-bond donors (Lipinski definition) is 3. The van der Waals surface area contributed by atoms with Crippen LogP contribution in [-0.2, 0) is 9.59 Å². The van der Waals surface area contributed by atoms with Gasteiger partial charge in [0.15, 0.2) is 0 Å². The lowest BCUT2D eigenvalue weighted by Gasteiger charge is -2.14. The van der Waals surface area contributed by atoms with Crippen molar-refractivity contribution < 1.29 is 19.5 Å². The fourth-order valence-electron chi connectivity index (χ4n) is 1.52. The number of rotatable bonds is 6. The monoisotopic (exact) mass is 342 g/mol. The van der Waals surface area contributed by atoms with Crippen molar-refractivity contribution in [3.05, 3.63) is 33.8 Å². The second kappa shape index (κ2) is 7.04. The van der Waals surface area contributed by atoms with Crippen LogP contribution < -0.4 is 11.1 Å². The number of aryl methyl sites for hydroxylation is 1. The molecule has 1 aromatic carbocycles. The molecule has 7 heteroatoms. The van der Waals surface area contributed by atoms with E-state index >= 15 is 0 Å². The molecule has 0 saturated heterocycles. The third kappa shape index (κ3) is 4.65. The van der Waals surface area contributed by atoms with Crippen LogP contribution in [0.2, 0.25) is 0 Å². The summed E-state index contributed by atoms with van der Waals surface area (Å²) >= 11 is 3.30. The van der Waals surface area contributed by atoms with Crippen molar-refractivity contribution in [2.45, 2.75) is 25.8 Å². The molecule has 0 aliphatic heterocycles. The van der Waals surface area contributed by atoms with Gasteiger partial charge in [-0.2, -0.15) is 0 Å². The van der Waals surface area contributed by atoms with E-state index in [1.165, 1.54) is 0 Å². The van der Waals surface area contributed by atoms with Gasteiger partial charge in [-0.3, -0.25) is 9.59 Å². The van der Waals surface area contributed by atoms with Crippen molar-refractivity contribution >= 4 is 33.7 Å². The first-order chi connectivity index (χ1) is 9.31. The summed E-state index contributed by atoms with van der Waals surface area (Å²) in [6.07, 6.45) is -0.141. The number of nitrogens with one attached hydrogen (secondary N) is 1. The Morgan fingerprint density at radius 3 is 2.55 bits per heavy atom. The smallest absolute Gasteiger partial charge is 0.326 e. The molecule has 6 nitrogen and oxygen atoms in total. The minimum Gasteiger partial charge on any atom is -0.480 e. The molecule has 1 unspecified atom stereocenters. The normalized spacial score (nSPS) is 11.7. The molecule has 0 radical (unpaired) electrons. The molecule has 1 rings (SSSR count). The zero-order valence-corrected chi connectivity index (χ0v) is 12.4. The number of primary amides is 1. The number of halogens is 1. The van der Waals surface area contributed by atoms with Crippen LogP contribution in [0.4, 0.5) is 0 Å². The van der Waals surface area contributed by atoms with Gasteiger partial charge in [-0.15, -0.1) is 0 Å². The van der Waals surface area contributed by atoms with Crippen LogP contribution in [0.3, 0.4) is 0 Å². The third-order valence-electron chi connectivity index (χ3n) is 2.72. The molecule has 0 fully saturated rings. The van der Waals surface area contributed by atoms with Crippen LogP contribution in [-0.4, -0.2) is 28.9 Å². The summed E-state index contributed by atoms with van der Waals surface area (Å²) in [6, 6.07) is 3.81. The van der Waals surface area contributed by atoms with Gasteiger partial charge in [0.2, 0.25) is 5.91 Å². The van der Waals surface area contributed by atoms with E-state index in [-0.39, 0.29) is 12.8 Å². The summed E-state index contributed by atoms with van der Waals surface area (Å²) in [6.45, 7) is 1.87. The van der Waals surface area contributed by atoms with E-state index in [4.69, 9.17) is 10.8 Å². The van der Waals surface area contributed by atoms with E-state index < -0.39 is 23.8 Å². The number of carboxylic acids is 1. The lowest BCUT2D eigenvalue weighted by atomic mass is 10.1. The lowest BCUT2D eigenvalue weighted by Crippen LogP contribution is -2.41. The van der Waals surface area contributed by atoms with Crippen molar-refractivity contribution in [2.75, 3.05) is 0 Å². The molecule has 0 aromatic heterocycles. The summed E-state index contributed by atoms with van der Waals surface area (Å²) in [4.78, 5) is 33.7. The number of nitrogens with two attached hydrogens (primary N) is 1. The number of carbonyl (C=O) groups is 3. The number of carboxylic acid groups (broad SMARTS) is 1. The van der Waals surface area contributed by atoms with Gasteiger partial charge < -0.3 is 16.2 Å². The highest BCUT2D eigenvalue weighted by Crippen LogP contribution is 2.17. The van der Waals surface area contributed by atoms with E-state index in [1.807, 2.05) is 6.92 Å². The van der Waals surface area contributed by atoms with Gasteiger partial charge in [0, 0.05) is 16.5 Å². The number of amides is 2. The van der Waals surface area contributed by atoms with E-state index in [0.717, 1.165) is 10.0 Å². The van der Waals surface area contributed by atoms with E-state index in [1.54, 1.807) is 18.2 Å². The summed E-state index contributed by atoms with van der Waals surface area (Å²) in [5.74, 6) is -2.32. The molecule has 4 N–H and O–H groups in total. The Morgan fingerprint density at radius 2 is 2.05 bits per heavy atom. The predicted molar refractivity (Wildman–Crippen MR) is 76.2 cm³/mol. The van der Waals surface area contributed by atoms with Crippen molar-refractivity contribution in [1.29, 1.82) is 0 Å². The molecule has 2 amide bonds. The minimum atomic E-state index is -1.20. The van der Waals surface area contributed by atoms with Crippen LogP contribution in [0.1, 0.15) is 28.8 Å². The summed E-state index contributed by atoms with van der Waals surface area (Å²) < 4.78 is 0.758. The van der Waals surface area contributed by atoms with E-state index in [2.05, 4.69) is 21.2 Å². The first-order valence-corrected chi connectivity index (χ1v) is 6.68. The molecule has 20 heavy (non-hydrogen) atoms. The van der Waals surface area contributed by atoms with Crippen molar-refractivity contribution in [1.82, 2.24) is 5.32 Å². The Morgan fingerprint density at radius 1 is 1.40 bits per heavy atom. The van der Waals surface area contributed by atoms with Crippen LogP contribution in [0.5, 0.6) is 0 Å². The van der Waals surface area contributed by atoms with Gasteiger partial charge in [-0.1, -0.05) is 22.0 Å². The third-order valence-corrected chi connectivity index (χ3v) is 3.57. The second-order valence-electron chi connectivity index (χ2n) is 4.33. The summed E-state index contributed by atoms with van der Waals surface area (Å²) in [5.41, 5.74) is 6.27. The number of aliphatic carboxylic acids is 1. The maximum atomic E-state index is 12.0. The highest BCUT2D eigenvalue weighted by atomic mass is 79.9. The standard InChI is InChI=1S/C13H15BrN2O4/c1-7-2-3-8(6-9(7)14)12(18)16-10(13(19)20)4-5-11(15)17/h2-3,6,10H,4-5H2,1H3,(H2,15,17)(H,16,18)(H,19,20). The largest absolute Gasteiger partial charge is 0.480 e. The van der Waals surface area contributed by atoms with Crippen molar-refractivity contribution in [2.24, 2.45) is 5.73 Å². The average Bonchev–Trinajstić information content (AvgIpc) is 2.36. The maximum absolute atomic E-state index is 12.0. The molecule has 0 aliphatic rings. The van der Waals surface area contributed by atoms with Crippen LogP contribution in [0.25, 0.3) is 0 Å².